The molecule has 1 aromatic rings. The van der Waals surface area contributed by atoms with Crippen LogP contribution in [0.25, 0.3) is 0 Å². The molecule has 0 spiro atoms. The minimum absolute atomic E-state index is 0.862. The number of aryl methyl sites for hydroxylation is 1. The molecule has 1 aromatic heterocycles. The molecule has 1 aliphatic heterocycles. The van der Waals surface area contributed by atoms with Crippen LogP contribution < -0.4 is 5.32 Å². The van der Waals surface area contributed by atoms with Crippen molar-refractivity contribution >= 4 is 0 Å². The summed E-state index contributed by atoms with van der Waals surface area (Å²) in [6, 6.07) is 2.16. The Hall–Kier alpha value is -0.890. The highest BCUT2D eigenvalue weighted by atomic mass is 14.9. The molecule has 82 valence electrons. The topological polar surface area (TPSA) is 24.9 Å². The number of hydrogen-bond donors (Lipinski definition) is 1. The molecular formula is C13H20N2. The molecule has 1 fully saturated rings. The van der Waals surface area contributed by atoms with Gasteiger partial charge in [0.1, 0.15) is 0 Å². The van der Waals surface area contributed by atoms with Crippen LogP contribution in [0.3, 0.4) is 0 Å². The molecule has 1 saturated heterocycles. The monoisotopic (exact) mass is 204 g/mol. The maximum absolute atomic E-state index is 4.24. The van der Waals surface area contributed by atoms with Gasteiger partial charge in [-0.25, -0.2) is 0 Å². The van der Waals surface area contributed by atoms with E-state index in [0.29, 0.717) is 0 Å². The Bertz CT molecular complexity index is 303. The normalized spacial score (nSPS) is 17.9. The molecule has 0 atom stereocenters. The van der Waals surface area contributed by atoms with Crippen LogP contribution in [0.1, 0.15) is 30.9 Å². The van der Waals surface area contributed by atoms with E-state index in [1.807, 2.05) is 6.20 Å². The minimum Gasteiger partial charge on any atom is -0.317 e. The van der Waals surface area contributed by atoms with Crippen LogP contribution >= 0.6 is 0 Å². The van der Waals surface area contributed by atoms with Crippen LogP contribution in [0.4, 0.5) is 0 Å². The minimum atomic E-state index is 0.862. The molecule has 2 nitrogen and oxygen atoms in total. The average molecular weight is 204 g/mol. The first kappa shape index (κ1) is 10.6. The fourth-order valence-corrected chi connectivity index (χ4v) is 2.38. The van der Waals surface area contributed by atoms with Gasteiger partial charge in [0.2, 0.25) is 0 Å². The quantitative estimate of drug-likeness (QED) is 0.816. The lowest BCUT2D eigenvalue weighted by molar-refractivity contribution is 0.372. The van der Waals surface area contributed by atoms with Crippen LogP contribution in [-0.4, -0.2) is 18.1 Å². The zero-order valence-corrected chi connectivity index (χ0v) is 9.50. The molecule has 2 rings (SSSR count). The molecule has 1 aliphatic rings. The van der Waals surface area contributed by atoms with Crippen molar-refractivity contribution in [2.45, 2.75) is 32.6 Å². The van der Waals surface area contributed by atoms with Crippen molar-refractivity contribution in [1.29, 1.82) is 0 Å². The number of nitrogens with zero attached hydrogens (tertiary/aromatic N) is 1. The standard InChI is InChI=1S/C13H20N2/c1-2-12-5-8-15-10-13(12)9-11-3-6-14-7-4-11/h5,8,10-11,14H,2-4,6-7,9H2,1H3. The average Bonchev–Trinajstić information content (AvgIpc) is 2.31. The molecule has 0 aromatic carbocycles. The van der Waals surface area contributed by atoms with E-state index in [1.165, 1.54) is 43.5 Å². The lowest BCUT2D eigenvalue weighted by atomic mass is 9.89. The first-order chi connectivity index (χ1) is 7.40. The van der Waals surface area contributed by atoms with Crippen LogP contribution in [0.5, 0.6) is 0 Å². The largest absolute Gasteiger partial charge is 0.317 e. The predicted molar refractivity (Wildman–Crippen MR) is 62.9 cm³/mol. The number of aromatic nitrogens is 1. The number of rotatable bonds is 3. The lowest BCUT2D eigenvalue weighted by Crippen LogP contribution is -2.28. The van der Waals surface area contributed by atoms with Crippen LogP contribution in [0, 0.1) is 5.92 Å². The maximum atomic E-state index is 4.24. The lowest BCUT2D eigenvalue weighted by Gasteiger charge is -2.23. The van der Waals surface area contributed by atoms with E-state index >= 15 is 0 Å². The van der Waals surface area contributed by atoms with Crippen molar-refractivity contribution in [3.8, 4) is 0 Å². The fourth-order valence-electron chi connectivity index (χ4n) is 2.38. The van der Waals surface area contributed by atoms with Crippen LogP contribution in [-0.2, 0) is 12.8 Å². The van der Waals surface area contributed by atoms with E-state index in [-0.39, 0.29) is 0 Å². The van der Waals surface area contributed by atoms with Crippen molar-refractivity contribution in [3.05, 3.63) is 29.6 Å². The van der Waals surface area contributed by atoms with Gasteiger partial charge in [0.05, 0.1) is 0 Å². The van der Waals surface area contributed by atoms with Crippen molar-refractivity contribution in [2.24, 2.45) is 5.92 Å². The molecule has 2 heteroatoms. The molecule has 0 unspecified atom stereocenters. The number of pyridine rings is 1. The zero-order chi connectivity index (χ0) is 10.5. The highest BCUT2D eigenvalue weighted by Crippen LogP contribution is 2.20. The van der Waals surface area contributed by atoms with Gasteiger partial charge in [-0.15, -0.1) is 0 Å². The summed E-state index contributed by atoms with van der Waals surface area (Å²) >= 11 is 0. The molecule has 0 bridgehead atoms. The smallest absolute Gasteiger partial charge is 0.0302 e. The Balaban J connectivity index is 2.02. The second-order valence-corrected chi connectivity index (χ2v) is 4.40. The van der Waals surface area contributed by atoms with E-state index in [9.17, 15) is 0 Å². The van der Waals surface area contributed by atoms with Gasteiger partial charge in [-0.3, -0.25) is 4.98 Å². The van der Waals surface area contributed by atoms with Gasteiger partial charge >= 0.3 is 0 Å². The molecular weight excluding hydrogens is 184 g/mol. The van der Waals surface area contributed by atoms with Gasteiger partial charge < -0.3 is 5.32 Å². The summed E-state index contributed by atoms with van der Waals surface area (Å²) in [5.41, 5.74) is 2.94. The third-order valence-electron chi connectivity index (χ3n) is 3.35. The third kappa shape index (κ3) is 2.78. The van der Waals surface area contributed by atoms with Gasteiger partial charge in [-0.2, -0.15) is 0 Å². The van der Waals surface area contributed by atoms with E-state index in [0.717, 1.165) is 12.3 Å². The molecule has 0 saturated carbocycles. The van der Waals surface area contributed by atoms with E-state index in [4.69, 9.17) is 0 Å². The Labute approximate surface area is 92.1 Å². The first-order valence-electron chi connectivity index (χ1n) is 6.02. The Morgan fingerprint density at radius 1 is 1.33 bits per heavy atom. The Morgan fingerprint density at radius 2 is 2.13 bits per heavy atom. The van der Waals surface area contributed by atoms with Gasteiger partial charge in [0.15, 0.2) is 0 Å². The highest BCUT2D eigenvalue weighted by Gasteiger charge is 2.14. The summed E-state index contributed by atoms with van der Waals surface area (Å²) in [5, 5.41) is 3.41. The molecule has 2 heterocycles. The van der Waals surface area contributed by atoms with Gasteiger partial charge in [-0.1, -0.05) is 6.92 Å². The predicted octanol–water partition coefficient (Wildman–Crippen LogP) is 2.19. The van der Waals surface area contributed by atoms with Gasteiger partial charge in [-0.05, 0) is 61.9 Å². The molecule has 15 heavy (non-hydrogen) atoms. The second-order valence-electron chi connectivity index (χ2n) is 4.40. The highest BCUT2D eigenvalue weighted by molar-refractivity contribution is 5.23. The summed E-state index contributed by atoms with van der Waals surface area (Å²) in [6.45, 7) is 4.60. The Morgan fingerprint density at radius 3 is 2.87 bits per heavy atom. The molecule has 0 amide bonds. The number of hydrogen-bond acceptors (Lipinski definition) is 2. The summed E-state index contributed by atoms with van der Waals surface area (Å²) in [6.07, 6.45) is 8.95. The van der Waals surface area contributed by atoms with Crippen LogP contribution in [0.15, 0.2) is 18.5 Å². The molecule has 1 N–H and O–H groups in total. The molecule has 0 aliphatic carbocycles. The van der Waals surface area contributed by atoms with E-state index < -0.39 is 0 Å². The van der Waals surface area contributed by atoms with Crippen molar-refractivity contribution in [3.63, 3.8) is 0 Å². The third-order valence-corrected chi connectivity index (χ3v) is 3.35. The summed E-state index contributed by atoms with van der Waals surface area (Å²) in [7, 11) is 0. The van der Waals surface area contributed by atoms with E-state index in [1.54, 1.807) is 0 Å². The molecule has 0 radical (unpaired) electrons. The fraction of sp³-hybridized carbons (Fsp3) is 0.615. The van der Waals surface area contributed by atoms with Gasteiger partial charge in [0, 0.05) is 12.4 Å². The van der Waals surface area contributed by atoms with Gasteiger partial charge in [0.25, 0.3) is 0 Å². The van der Waals surface area contributed by atoms with E-state index in [2.05, 4.69) is 29.5 Å². The SMILES string of the molecule is CCc1ccncc1CC1CCNCC1. The van der Waals surface area contributed by atoms with Crippen molar-refractivity contribution in [1.82, 2.24) is 10.3 Å². The number of nitrogens with one attached hydrogen (secondary N) is 1. The number of piperidine rings is 1. The zero-order valence-electron chi connectivity index (χ0n) is 9.50. The summed E-state index contributed by atoms with van der Waals surface area (Å²) in [5.74, 6) is 0.862. The van der Waals surface area contributed by atoms with Crippen molar-refractivity contribution < 1.29 is 0 Å². The van der Waals surface area contributed by atoms with Crippen LogP contribution in [0.2, 0.25) is 0 Å². The summed E-state index contributed by atoms with van der Waals surface area (Å²) < 4.78 is 0. The summed E-state index contributed by atoms with van der Waals surface area (Å²) in [4.78, 5) is 4.24. The van der Waals surface area contributed by atoms with Crippen molar-refractivity contribution in [2.75, 3.05) is 13.1 Å². The second kappa shape index (κ2) is 5.26. The Kier molecular flexibility index (Phi) is 3.73. The maximum Gasteiger partial charge on any atom is 0.0302 e. The first-order valence-corrected chi connectivity index (χ1v) is 6.02.